The summed E-state index contributed by atoms with van der Waals surface area (Å²) in [6, 6.07) is 5.55. The van der Waals surface area contributed by atoms with Gasteiger partial charge in [0.15, 0.2) is 0 Å². The molecule has 1 aromatic carbocycles. The Balaban J connectivity index is 2.74. The second kappa shape index (κ2) is 3.42. The molecule has 1 heterocycles. The van der Waals surface area contributed by atoms with Crippen molar-refractivity contribution >= 4 is 16.9 Å². The van der Waals surface area contributed by atoms with E-state index in [0.717, 1.165) is 16.5 Å². The summed E-state index contributed by atoms with van der Waals surface area (Å²) in [6.07, 6.45) is 1.77. The standard InChI is InChI=1S/C12H13NO2/c1-7(2)8-5-10(12(14)15)9-3-4-13-11(9)6-8/h3-7,13H,1-2H3,(H,14,15). The van der Waals surface area contributed by atoms with Crippen LogP contribution in [0, 0.1) is 0 Å². The summed E-state index contributed by atoms with van der Waals surface area (Å²) in [5.41, 5.74) is 2.30. The van der Waals surface area contributed by atoms with Crippen LogP contribution in [0.2, 0.25) is 0 Å². The Labute approximate surface area is 87.7 Å². The summed E-state index contributed by atoms with van der Waals surface area (Å²) < 4.78 is 0. The number of hydrogen-bond donors (Lipinski definition) is 2. The van der Waals surface area contributed by atoms with Gasteiger partial charge in [-0.15, -0.1) is 0 Å². The van der Waals surface area contributed by atoms with Crippen LogP contribution < -0.4 is 0 Å². The summed E-state index contributed by atoms with van der Waals surface area (Å²) >= 11 is 0. The highest BCUT2D eigenvalue weighted by Gasteiger charge is 2.12. The van der Waals surface area contributed by atoms with Crippen molar-refractivity contribution in [1.82, 2.24) is 4.98 Å². The SMILES string of the molecule is CC(C)c1cc(C(=O)O)c2cc[nH]c2c1. The van der Waals surface area contributed by atoms with Crippen LogP contribution >= 0.6 is 0 Å². The van der Waals surface area contributed by atoms with Crippen LogP contribution in [0.5, 0.6) is 0 Å². The van der Waals surface area contributed by atoms with Crippen LogP contribution in [0.15, 0.2) is 24.4 Å². The highest BCUT2D eigenvalue weighted by atomic mass is 16.4. The predicted molar refractivity (Wildman–Crippen MR) is 59.3 cm³/mol. The molecule has 0 unspecified atom stereocenters. The highest BCUT2D eigenvalue weighted by molar-refractivity contribution is 6.03. The van der Waals surface area contributed by atoms with Gasteiger partial charge in [-0.3, -0.25) is 0 Å². The van der Waals surface area contributed by atoms with Crippen molar-refractivity contribution in [3.05, 3.63) is 35.5 Å². The number of aromatic carboxylic acids is 1. The van der Waals surface area contributed by atoms with E-state index in [1.54, 1.807) is 18.3 Å². The first-order valence-corrected chi connectivity index (χ1v) is 4.94. The molecule has 0 fully saturated rings. The molecule has 0 bridgehead atoms. The maximum atomic E-state index is 11.1. The summed E-state index contributed by atoms with van der Waals surface area (Å²) in [6.45, 7) is 4.10. The van der Waals surface area contributed by atoms with Crippen molar-refractivity contribution in [2.45, 2.75) is 19.8 Å². The molecule has 0 aliphatic rings. The Hall–Kier alpha value is -1.77. The van der Waals surface area contributed by atoms with E-state index in [4.69, 9.17) is 5.11 Å². The first-order valence-electron chi connectivity index (χ1n) is 4.94. The van der Waals surface area contributed by atoms with E-state index < -0.39 is 5.97 Å². The van der Waals surface area contributed by atoms with Gasteiger partial charge in [0, 0.05) is 17.1 Å². The number of fused-ring (bicyclic) bond motifs is 1. The number of aromatic nitrogens is 1. The minimum atomic E-state index is -0.873. The topological polar surface area (TPSA) is 53.1 Å². The number of carboxylic acid groups (broad SMARTS) is 1. The molecule has 3 nitrogen and oxygen atoms in total. The average molecular weight is 203 g/mol. The molecule has 0 radical (unpaired) electrons. The smallest absolute Gasteiger partial charge is 0.336 e. The fourth-order valence-corrected chi connectivity index (χ4v) is 1.70. The van der Waals surface area contributed by atoms with Crippen molar-refractivity contribution in [3.63, 3.8) is 0 Å². The van der Waals surface area contributed by atoms with E-state index in [9.17, 15) is 4.79 Å². The van der Waals surface area contributed by atoms with Gasteiger partial charge in [-0.25, -0.2) is 4.79 Å². The zero-order valence-corrected chi connectivity index (χ0v) is 8.74. The van der Waals surface area contributed by atoms with Crippen molar-refractivity contribution < 1.29 is 9.90 Å². The van der Waals surface area contributed by atoms with Gasteiger partial charge < -0.3 is 10.1 Å². The maximum Gasteiger partial charge on any atom is 0.336 e. The third kappa shape index (κ3) is 1.61. The molecule has 78 valence electrons. The van der Waals surface area contributed by atoms with E-state index in [1.807, 2.05) is 6.07 Å². The minimum Gasteiger partial charge on any atom is -0.478 e. The fourth-order valence-electron chi connectivity index (χ4n) is 1.70. The number of aromatic amines is 1. The Morgan fingerprint density at radius 2 is 2.13 bits per heavy atom. The lowest BCUT2D eigenvalue weighted by atomic mass is 9.98. The number of carbonyl (C=O) groups is 1. The Morgan fingerprint density at radius 3 is 2.73 bits per heavy atom. The van der Waals surface area contributed by atoms with Crippen molar-refractivity contribution in [2.75, 3.05) is 0 Å². The summed E-state index contributed by atoms with van der Waals surface area (Å²) in [4.78, 5) is 14.1. The molecule has 3 heteroatoms. The second-order valence-electron chi connectivity index (χ2n) is 3.97. The molecule has 0 spiro atoms. The van der Waals surface area contributed by atoms with Gasteiger partial charge in [-0.1, -0.05) is 13.8 Å². The zero-order valence-electron chi connectivity index (χ0n) is 8.74. The summed E-state index contributed by atoms with van der Waals surface area (Å²) in [5.74, 6) is -0.544. The van der Waals surface area contributed by atoms with Gasteiger partial charge in [0.1, 0.15) is 0 Å². The number of carboxylic acids is 1. The lowest BCUT2D eigenvalue weighted by Gasteiger charge is -2.07. The first kappa shape index (κ1) is 9.77. The Bertz CT molecular complexity index is 511. The number of nitrogens with one attached hydrogen (secondary N) is 1. The lowest BCUT2D eigenvalue weighted by molar-refractivity contribution is 0.0699. The molecular weight excluding hydrogens is 190 g/mol. The monoisotopic (exact) mass is 203 g/mol. The van der Waals surface area contributed by atoms with Gasteiger partial charge in [0.25, 0.3) is 0 Å². The molecule has 2 rings (SSSR count). The molecule has 15 heavy (non-hydrogen) atoms. The van der Waals surface area contributed by atoms with E-state index >= 15 is 0 Å². The van der Waals surface area contributed by atoms with Crippen LogP contribution in [0.3, 0.4) is 0 Å². The van der Waals surface area contributed by atoms with Gasteiger partial charge in [0.05, 0.1) is 5.56 Å². The van der Waals surface area contributed by atoms with Gasteiger partial charge in [0.2, 0.25) is 0 Å². The minimum absolute atomic E-state index is 0.329. The molecular formula is C12H13NO2. The van der Waals surface area contributed by atoms with Crippen LogP contribution in [-0.2, 0) is 0 Å². The fraction of sp³-hybridized carbons (Fsp3) is 0.250. The number of H-pyrrole nitrogens is 1. The van der Waals surface area contributed by atoms with Gasteiger partial charge >= 0.3 is 5.97 Å². The van der Waals surface area contributed by atoms with Crippen molar-refractivity contribution in [1.29, 1.82) is 0 Å². The molecule has 0 saturated heterocycles. The van der Waals surface area contributed by atoms with E-state index in [1.165, 1.54) is 0 Å². The first-order chi connectivity index (χ1) is 7.09. The molecule has 1 aromatic heterocycles. The van der Waals surface area contributed by atoms with Gasteiger partial charge in [-0.2, -0.15) is 0 Å². The lowest BCUT2D eigenvalue weighted by Crippen LogP contribution is -1.99. The molecule has 2 N–H and O–H groups in total. The Kier molecular flexibility index (Phi) is 2.23. The van der Waals surface area contributed by atoms with Gasteiger partial charge in [-0.05, 0) is 29.7 Å². The number of benzene rings is 1. The molecule has 0 atom stereocenters. The molecule has 0 aliphatic heterocycles. The molecule has 0 saturated carbocycles. The zero-order chi connectivity index (χ0) is 11.0. The molecule has 2 aromatic rings. The summed E-state index contributed by atoms with van der Waals surface area (Å²) in [7, 11) is 0. The van der Waals surface area contributed by atoms with Crippen LogP contribution in [0.1, 0.15) is 35.7 Å². The summed E-state index contributed by atoms with van der Waals surface area (Å²) in [5, 5.41) is 9.86. The third-order valence-electron chi connectivity index (χ3n) is 2.59. The molecule has 0 aliphatic carbocycles. The Morgan fingerprint density at radius 1 is 1.40 bits per heavy atom. The number of hydrogen-bond acceptors (Lipinski definition) is 1. The van der Waals surface area contributed by atoms with E-state index in [2.05, 4.69) is 18.8 Å². The number of rotatable bonds is 2. The maximum absolute atomic E-state index is 11.1. The van der Waals surface area contributed by atoms with E-state index in [-0.39, 0.29) is 0 Å². The van der Waals surface area contributed by atoms with Crippen LogP contribution in [0.25, 0.3) is 10.9 Å². The van der Waals surface area contributed by atoms with E-state index in [0.29, 0.717) is 11.5 Å². The quantitative estimate of drug-likeness (QED) is 0.788. The van der Waals surface area contributed by atoms with Crippen molar-refractivity contribution in [3.8, 4) is 0 Å². The average Bonchev–Trinajstić information content (AvgIpc) is 2.62. The second-order valence-corrected chi connectivity index (χ2v) is 3.97. The molecule has 0 amide bonds. The predicted octanol–water partition coefficient (Wildman–Crippen LogP) is 2.99. The largest absolute Gasteiger partial charge is 0.478 e. The normalized spacial score (nSPS) is 11.1. The van der Waals surface area contributed by atoms with Crippen LogP contribution in [0.4, 0.5) is 0 Å². The van der Waals surface area contributed by atoms with Crippen molar-refractivity contribution in [2.24, 2.45) is 0 Å². The highest BCUT2D eigenvalue weighted by Crippen LogP contribution is 2.24. The third-order valence-corrected chi connectivity index (χ3v) is 2.59. The van der Waals surface area contributed by atoms with Crippen LogP contribution in [-0.4, -0.2) is 16.1 Å².